The molecule has 0 aliphatic rings. The van der Waals surface area contributed by atoms with Gasteiger partial charge in [-0.1, -0.05) is 294 Å². The summed E-state index contributed by atoms with van der Waals surface area (Å²) in [6.07, 6.45) is 101. The molecule has 6 nitrogen and oxygen atoms in total. The van der Waals surface area contributed by atoms with Crippen LogP contribution in [0, 0.1) is 0 Å². The Morgan fingerprint density at radius 2 is 0.488 bits per heavy atom. The van der Waals surface area contributed by atoms with Gasteiger partial charge in [0.1, 0.15) is 13.2 Å². The average molecular weight is 1130 g/mol. The van der Waals surface area contributed by atoms with E-state index >= 15 is 0 Å². The van der Waals surface area contributed by atoms with Gasteiger partial charge in [0, 0.05) is 19.3 Å². The fourth-order valence-electron chi connectivity index (χ4n) is 8.59. The molecule has 0 saturated carbocycles. The number of ether oxygens (including phenoxy) is 3. The third-order valence-corrected chi connectivity index (χ3v) is 13.5. The Bertz CT molecular complexity index is 1870. The van der Waals surface area contributed by atoms with Crippen molar-refractivity contribution in [2.24, 2.45) is 0 Å². The quantitative estimate of drug-likeness (QED) is 0.0261. The van der Waals surface area contributed by atoms with Gasteiger partial charge in [0.05, 0.1) is 0 Å². The molecule has 0 rings (SSSR count). The van der Waals surface area contributed by atoms with E-state index in [-0.39, 0.29) is 37.5 Å². The van der Waals surface area contributed by atoms with Crippen LogP contribution in [0.3, 0.4) is 0 Å². The summed E-state index contributed by atoms with van der Waals surface area (Å²) < 4.78 is 16.9. The Labute approximate surface area is 504 Å². The van der Waals surface area contributed by atoms with Crippen LogP contribution in [0.15, 0.2) is 170 Å². The van der Waals surface area contributed by atoms with Gasteiger partial charge in [0.25, 0.3) is 0 Å². The van der Waals surface area contributed by atoms with Crippen molar-refractivity contribution in [1.82, 2.24) is 0 Å². The molecule has 1 atom stereocenters. The molecule has 0 aromatic carbocycles. The van der Waals surface area contributed by atoms with Crippen molar-refractivity contribution in [3.05, 3.63) is 170 Å². The standard InChI is InChI=1S/C76H120O6/c1-4-7-10-13-16-19-22-25-27-29-31-33-35-36-37-38-39-40-42-43-45-47-49-51-54-57-60-63-66-69-75(78)81-72-73(71-80-74(77)68-65-62-59-56-53-24-21-18-15-12-9-6-3)82-76(79)70-67-64-61-58-55-52-50-48-46-44-41-34-32-30-28-26-23-20-17-14-11-8-5-2/h7-8,10-11,16-17,19-20,25-28,31-34,36-37,39-40,43-46,49,51,57,60,73H,4-6,9,12-15,18,21-24,29-30,35,38,41-42,47-48,50,52-56,58-59,61-72H2,1-3H3/b10-7-,11-8-,19-16-,20-17-,27-25-,28-26-,33-31-,34-32-,37-36-,40-39-,45-43-,46-44-,51-49-,60-57-. The van der Waals surface area contributed by atoms with Crippen molar-refractivity contribution in [2.75, 3.05) is 13.2 Å². The van der Waals surface area contributed by atoms with Gasteiger partial charge in [-0.3, -0.25) is 14.4 Å². The molecule has 0 fully saturated rings. The molecule has 0 aliphatic heterocycles. The Morgan fingerprint density at radius 3 is 0.793 bits per heavy atom. The van der Waals surface area contributed by atoms with Gasteiger partial charge in [-0.2, -0.15) is 0 Å². The van der Waals surface area contributed by atoms with Crippen molar-refractivity contribution in [3.63, 3.8) is 0 Å². The largest absolute Gasteiger partial charge is 0.462 e. The highest BCUT2D eigenvalue weighted by atomic mass is 16.6. The van der Waals surface area contributed by atoms with E-state index in [1.807, 2.05) is 0 Å². The monoisotopic (exact) mass is 1130 g/mol. The molecule has 0 saturated heterocycles. The summed E-state index contributed by atoms with van der Waals surface area (Å²) in [5.74, 6) is -0.982. The number of esters is 3. The lowest BCUT2D eigenvalue weighted by Gasteiger charge is -2.18. The van der Waals surface area contributed by atoms with E-state index in [1.54, 1.807) is 0 Å². The average Bonchev–Trinajstić information content (AvgIpc) is 3.47. The fourth-order valence-corrected chi connectivity index (χ4v) is 8.59. The van der Waals surface area contributed by atoms with Crippen LogP contribution >= 0.6 is 0 Å². The number of hydrogen-bond acceptors (Lipinski definition) is 6. The first kappa shape index (κ1) is 76.8. The number of carbonyl (C=O) groups excluding carboxylic acids is 3. The molecule has 0 heterocycles. The molecule has 0 aromatic heterocycles. The number of hydrogen-bond donors (Lipinski definition) is 0. The van der Waals surface area contributed by atoms with Gasteiger partial charge in [-0.15, -0.1) is 0 Å². The number of unbranched alkanes of at least 4 members (excludes halogenated alkanes) is 19. The predicted octanol–water partition coefficient (Wildman–Crippen LogP) is 23.0. The molecule has 0 aromatic rings. The van der Waals surface area contributed by atoms with Crippen LogP contribution < -0.4 is 0 Å². The second kappa shape index (κ2) is 68.3. The molecule has 1 unspecified atom stereocenters. The minimum Gasteiger partial charge on any atom is -0.462 e. The minimum absolute atomic E-state index is 0.106. The zero-order valence-electron chi connectivity index (χ0n) is 52.7. The second-order valence-corrected chi connectivity index (χ2v) is 21.3. The maximum Gasteiger partial charge on any atom is 0.306 e. The van der Waals surface area contributed by atoms with Crippen LogP contribution in [0.2, 0.25) is 0 Å². The molecule has 82 heavy (non-hydrogen) atoms. The molecule has 6 heteroatoms. The Balaban J connectivity index is 4.46. The summed E-state index contributed by atoms with van der Waals surface area (Å²) in [5, 5.41) is 0. The number of rotatable bonds is 58. The fraction of sp³-hybridized carbons (Fsp3) is 0.592. The molecule has 0 N–H and O–H groups in total. The topological polar surface area (TPSA) is 78.9 Å². The highest BCUT2D eigenvalue weighted by molar-refractivity contribution is 5.71. The first-order valence-corrected chi connectivity index (χ1v) is 33.1. The first-order chi connectivity index (χ1) is 40.5. The van der Waals surface area contributed by atoms with Crippen molar-refractivity contribution < 1.29 is 28.6 Å². The van der Waals surface area contributed by atoms with E-state index in [2.05, 4.69) is 191 Å². The van der Waals surface area contributed by atoms with E-state index in [0.717, 1.165) is 148 Å². The van der Waals surface area contributed by atoms with E-state index in [0.29, 0.717) is 19.3 Å². The van der Waals surface area contributed by atoms with Crippen LogP contribution in [0.4, 0.5) is 0 Å². The highest BCUT2D eigenvalue weighted by Gasteiger charge is 2.19. The van der Waals surface area contributed by atoms with Gasteiger partial charge in [0.2, 0.25) is 0 Å². The third-order valence-electron chi connectivity index (χ3n) is 13.5. The maximum absolute atomic E-state index is 12.9. The zero-order chi connectivity index (χ0) is 59.2. The third kappa shape index (κ3) is 65.6. The molecule has 0 bridgehead atoms. The summed E-state index contributed by atoms with van der Waals surface area (Å²) in [5.41, 5.74) is 0. The molecule has 0 amide bonds. The van der Waals surface area contributed by atoms with Crippen molar-refractivity contribution in [1.29, 1.82) is 0 Å². The Morgan fingerprint density at radius 1 is 0.256 bits per heavy atom. The van der Waals surface area contributed by atoms with Gasteiger partial charge >= 0.3 is 17.9 Å². The van der Waals surface area contributed by atoms with Crippen molar-refractivity contribution >= 4 is 17.9 Å². The van der Waals surface area contributed by atoms with E-state index < -0.39 is 6.10 Å². The van der Waals surface area contributed by atoms with Crippen molar-refractivity contribution in [3.8, 4) is 0 Å². The lowest BCUT2D eigenvalue weighted by atomic mass is 10.0. The SMILES string of the molecule is CC/C=C\C/C=C\C/C=C\C/C=C\C/C=C\C/C=C\C/C=C\C/C=C\C/C=C\CCCC(=O)OCC(COC(=O)CCCCCCCCCCCCCC)OC(=O)CCCCCCCCC/C=C\C/C=C\C/C=C\C/C=C\C/C=C\CC. The van der Waals surface area contributed by atoms with Crippen molar-refractivity contribution in [2.45, 2.75) is 277 Å². The minimum atomic E-state index is -0.816. The zero-order valence-corrected chi connectivity index (χ0v) is 52.7. The van der Waals surface area contributed by atoms with Gasteiger partial charge < -0.3 is 14.2 Å². The smallest absolute Gasteiger partial charge is 0.306 e. The molecule has 0 radical (unpaired) electrons. The first-order valence-electron chi connectivity index (χ1n) is 33.1. The van der Waals surface area contributed by atoms with Crippen LogP contribution in [0.1, 0.15) is 271 Å². The molecule has 460 valence electrons. The number of carbonyl (C=O) groups is 3. The summed E-state index contributed by atoms with van der Waals surface area (Å²) in [7, 11) is 0. The van der Waals surface area contributed by atoms with Crippen LogP contribution in [-0.2, 0) is 28.6 Å². The molecular weight excluding hydrogens is 1010 g/mol. The van der Waals surface area contributed by atoms with E-state index in [9.17, 15) is 14.4 Å². The Hall–Kier alpha value is -5.23. The highest BCUT2D eigenvalue weighted by Crippen LogP contribution is 2.15. The second-order valence-electron chi connectivity index (χ2n) is 21.3. The predicted molar refractivity (Wildman–Crippen MR) is 357 cm³/mol. The lowest BCUT2D eigenvalue weighted by molar-refractivity contribution is -0.167. The van der Waals surface area contributed by atoms with E-state index in [1.165, 1.54) is 77.0 Å². The van der Waals surface area contributed by atoms with Gasteiger partial charge in [-0.25, -0.2) is 0 Å². The maximum atomic E-state index is 12.9. The van der Waals surface area contributed by atoms with E-state index in [4.69, 9.17) is 14.2 Å². The molecule has 0 spiro atoms. The Kier molecular flexibility index (Phi) is 63.9. The summed E-state index contributed by atoms with van der Waals surface area (Å²) in [6, 6.07) is 0. The number of allylic oxidation sites excluding steroid dienone is 28. The normalized spacial score (nSPS) is 13.3. The van der Waals surface area contributed by atoms with Crippen LogP contribution in [-0.4, -0.2) is 37.2 Å². The summed E-state index contributed by atoms with van der Waals surface area (Å²) in [4.78, 5) is 38.3. The molecular formula is C76H120O6. The van der Waals surface area contributed by atoms with Gasteiger partial charge in [0.15, 0.2) is 6.10 Å². The molecule has 0 aliphatic carbocycles. The summed E-state index contributed by atoms with van der Waals surface area (Å²) >= 11 is 0. The summed E-state index contributed by atoms with van der Waals surface area (Å²) in [6.45, 7) is 6.35. The van der Waals surface area contributed by atoms with Crippen LogP contribution in [0.5, 0.6) is 0 Å². The van der Waals surface area contributed by atoms with Gasteiger partial charge in [-0.05, 0) is 128 Å². The van der Waals surface area contributed by atoms with Crippen LogP contribution in [0.25, 0.3) is 0 Å². The lowest BCUT2D eigenvalue weighted by Crippen LogP contribution is -2.30.